The average molecular weight is 237 g/mol. The predicted octanol–water partition coefficient (Wildman–Crippen LogP) is 0.419. The number of amidine groups is 1. The van der Waals surface area contributed by atoms with Gasteiger partial charge in [-0.25, -0.2) is 0 Å². The standard InChI is InChI=1S/C10H11N3O2S/c14-16(15)9-4-2-1-3-8(9)12-10(13-16)7-5-11-6-7/h1-4,7,11H,5-6H2,(H,12,13). The second-order valence-corrected chi connectivity index (χ2v) is 5.50. The molecule has 0 unspecified atom stereocenters. The van der Waals surface area contributed by atoms with Crippen LogP contribution in [0.1, 0.15) is 0 Å². The molecule has 1 aromatic rings. The Morgan fingerprint density at radius 3 is 2.69 bits per heavy atom. The van der Waals surface area contributed by atoms with Crippen molar-refractivity contribution in [3.8, 4) is 0 Å². The molecule has 2 N–H and O–H groups in total. The van der Waals surface area contributed by atoms with Crippen LogP contribution < -0.4 is 10.6 Å². The maximum absolute atomic E-state index is 11.9. The van der Waals surface area contributed by atoms with Gasteiger partial charge in [-0.3, -0.25) is 0 Å². The molecule has 0 aliphatic carbocycles. The van der Waals surface area contributed by atoms with Crippen LogP contribution in [-0.2, 0) is 10.0 Å². The fraction of sp³-hybridized carbons (Fsp3) is 0.300. The molecule has 6 heteroatoms. The van der Waals surface area contributed by atoms with E-state index in [2.05, 4.69) is 15.0 Å². The van der Waals surface area contributed by atoms with Crippen LogP contribution >= 0.6 is 0 Å². The fourth-order valence-electron chi connectivity index (χ4n) is 1.79. The molecule has 0 atom stereocenters. The first-order chi connectivity index (χ1) is 7.67. The Morgan fingerprint density at radius 1 is 1.25 bits per heavy atom. The van der Waals surface area contributed by atoms with E-state index in [1.807, 2.05) is 6.07 Å². The molecular formula is C10H11N3O2S. The van der Waals surface area contributed by atoms with E-state index in [0.29, 0.717) is 11.5 Å². The summed E-state index contributed by atoms with van der Waals surface area (Å²) in [6, 6.07) is 6.83. The monoisotopic (exact) mass is 237 g/mol. The van der Waals surface area contributed by atoms with Gasteiger partial charge >= 0.3 is 0 Å². The van der Waals surface area contributed by atoms with E-state index in [4.69, 9.17) is 0 Å². The Morgan fingerprint density at radius 2 is 2.00 bits per heavy atom. The van der Waals surface area contributed by atoms with E-state index in [-0.39, 0.29) is 10.8 Å². The average Bonchev–Trinajstić information content (AvgIpc) is 2.14. The van der Waals surface area contributed by atoms with Gasteiger partial charge in [0.1, 0.15) is 10.7 Å². The van der Waals surface area contributed by atoms with Gasteiger partial charge in [0.05, 0.1) is 5.69 Å². The molecule has 1 aromatic carbocycles. The lowest BCUT2D eigenvalue weighted by atomic mass is 10.0. The molecule has 3 rings (SSSR count). The van der Waals surface area contributed by atoms with Crippen molar-refractivity contribution in [3.63, 3.8) is 0 Å². The van der Waals surface area contributed by atoms with Crippen LogP contribution in [0, 0.1) is 5.92 Å². The quantitative estimate of drug-likeness (QED) is 0.742. The van der Waals surface area contributed by atoms with E-state index in [0.717, 1.165) is 13.1 Å². The summed E-state index contributed by atoms with van der Waals surface area (Å²) in [4.78, 5) is 0.256. The summed E-state index contributed by atoms with van der Waals surface area (Å²) in [5.74, 6) is 0.737. The van der Waals surface area contributed by atoms with Crippen LogP contribution in [0.5, 0.6) is 0 Å². The maximum Gasteiger partial charge on any atom is 0.286 e. The third-order valence-corrected chi connectivity index (χ3v) is 4.16. The lowest BCUT2D eigenvalue weighted by molar-refractivity contribution is 0.442. The fourth-order valence-corrected chi connectivity index (χ4v) is 2.99. The highest BCUT2D eigenvalue weighted by molar-refractivity contribution is 7.90. The Balaban J connectivity index is 2.08. The van der Waals surface area contributed by atoms with Crippen molar-refractivity contribution in [2.75, 3.05) is 18.4 Å². The number of benzene rings is 1. The van der Waals surface area contributed by atoms with Crippen LogP contribution in [0.25, 0.3) is 0 Å². The van der Waals surface area contributed by atoms with Gasteiger partial charge in [-0.15, -0.1) is 4.40 Å². The third kappa shape index (κ3) is 1.42. The van der Waals surface area contributed by atoms with Crippen molar-refractivity contribution >= 4 is 21.5 Å². The van der Waals surface area contributed by atoms with Gasteiger partial charge in [-0.1, -0.05) is 12.1 Å². The summed E-state index contributed by atoms with van der Waals surface area (Å²) < 4.78 is 27.6. The van der Waals surface area contributed by atoms with Gasteiger partial charge in [0.2, 0.25) is 0 Å². The Bertz CT molecular complexity index is 561. The second-order valence-electron chi connectivity index (χ2n) is 3.93. The predicted molar refractivity (Wildman–Crippen MR) is 61.0 cm³/mol. The zero-order valence-corrected chi connectivity index (χ0v) is 9.29. The Hall–Kier alpha value is -1.40. The van der Waals surface area contributed by atoms with Crippen molar-refractivity contribution < 1.29 is 8.42 Å². The normalized spacial score (nSPS) is 22.6. The van der Waals surface area contributed by atoms with E-state index in [9.17, 15) is 8.42 Å². The van der Waals surface area contributed by atoms with E-state index in [1.54, 1.807) is 18.2 Å². The zero-order valence-electron chi connectivity index (χ0n) is 8.47. The van der Waals surface area contributed by atoms with Gasteiger partial charge in [0, 0.05) is 19.0 Å². The van der Waals surface area contributed by atoms with Gasteiger partial charge in [-0.05, 0) is 12.1 Å². The molecule has 2 heterocycles. The van der Waals surface area contributed by atoms with E-state index >= 15 is 0 Å². The summed E-state index contributed by atoms with van der Waals surface area (Å²) in [7, 11) is -3.51. The summed E-state index contributed by atoms with van der Waals surface area (Å²) in [6.07, 6.45) is 0. The summed E-state index contributed by atoms with van der Waals surface area (Å²) in [5, 5.41) is 6.18. The molecule has 0 bridgehead atoms. The molecule has 5 nitrogen and oxygen atoms in total. The minimum Gasteiger partial charge on any atom is -0.342 e. The van der Waals surface area contributed by atoms with Crippen LogP contribution in [0.15, 0.2) is 33.6 Å². The first-order valence-corrected chi connectivity index (χ1v) is 6.52. The van der Waals surface area contributed by atoms with Crippen molar-refractivity contribution in [1.29, 1.82) is 0 Å². The maximum atomic E-state index is 11.9. The third-order valence-electron chi connectivity index (χ3n) is 2.81. The molecule has 0 saturated carbocycles. The highest BCUT2D eigenvalue weighted by atomic mass is 32.2. The lowest BCUT2D eigenvalue weighted by Gasteiger charge is -2.30. The molecule has 1 fully saturated rings. The summed E-state index contributed by atoms with van der Waals surface area (Å²) in [6.45, 7) is 1.56. The molecular weight excluding hydrogens is 226 g/mol. The van der Waals surface area contributed by atoms with Crippen molar-refractivity contribution in [1.82, 2.24) is 5.32 Å². The number of nitrogens with zero attached hydrogens (tertiary/aromatic N) is 1. The lowest BCUT2D eigenvalue weighted by Crippen LogP contribution is -2.49. The Labute approximate surface area is 93.6 Å². The zero-order chi connectivity index (χ0) is 11.2. The number of anilines is 1. The molecule has 2 aliphatic heterocycles. The molecule has 2 aliphatic rings. The van der Waals surface area contributed by atoms with E-state index in [1.165, 1.54) is 0 Å². The van der Waals surface area contributed by atoms with Crippen molar-refractivity contribution in [3.05, 3.63) is 24.3 Å². The number of hydrogen-bond acceptors (Lipinski definition) is 4. The number of para-hydroxylation sites is 1. The largest absolute Gasteiger partial charge is 0.342 e. The highest BCUT2D eigenvalue weighted by Crippen LogP contribution is 2.28. The summed E-state index contributed by atoms with van der Waals surface area (Å²) in [5.41, 5.74) is 0.624. The van der Waals surface area contributed by atoms with Gasteiger partial charge in [0.15, 0.2) is 0 Å². The van der Waals surface area contributed by atoms with E-state index < -0.39 is 10.0 Å². The molecule has 0 aromatic heterocycles. The van der Waals surface area contributed by atoms with Crippen molar-refractivity contribution in [2.24, 2.45) is 10.3 Å². The van der Waals surface area contributed by atoms with Crippen LogP contribution in [-0.4, -0.2) is 27.3 Å². The smallest absolute Gasteiger partial charge is 0.286 e. The number of nitrogens with one attached hydrogen (secondary N) is 2. The molecule has 0 amide bonds. The topological polar surface area (TPSA) is 70.6 Å². The molecule has 0 radical (unpaired) electrons. The minimum absolute atomic E-state index is 0.183. The Kier molecular flexibility index (Phi) is 2.02. The van der Waals surface area contributed by atoms with Gasteiger partial charge in [-0.2, -0.15) is 8.42 Å². The van der Waals surface area contributed by atoms with Gasteiger partial charge < -0.3 is 10.6 Å². The van der Waals surface area contributed by atoms with Crippen molar-refractivity contribution in [2.45, 2.75) is 4.90 Å². The van der Waals surface area contributed by atoms with Crippen LogP contribution in [0.3, 0.4) is 0 Å². The molecule has 1 saturated heterocycles. The first kappa shape index (κ1) is 9.80. The highest BCUT2D eigenvalue weighted by Gasteiger charge is 2.31. The van der Waals surface area contributed by atoms with Crippen LogP contribution in [0.2, 0.25) is 0 Å². The first-order valence-electron chi connectivity index (χ1n) is 5.08. The number of sulfonamides is 1. The molecule has 16 heavy (non-hydrogen) atoms. The second kappa shape index (κ2) is 3.29. The SMILES string of the molecule is O=S1(=O)N=C(C2CNC2)Nc2ccccc21. The van der Waals surface area contributed by atoms with Gasteiger partial charge in [0.25, 0.3) is 10.0 Å². The molecule has 84 valence electrons. The number of hydrogen-bond donors (Lipinski definition) is 2. The number of fused-ring (bicyclic) bond motifs is 1. The minimum atomic E-state index is -3.51. The number of rotatable bonds is 1. The molecule has 0 spiro atoms. The van der Waals surface area contributed by atoms with Crippen LogP contribution in [0.4, 0.5) is 5.69 Å². The summed E-state index contributed by atoms with van der Waals surface area (Å²) >= 11 is 0.